The molecule has 0 aromatic heterocycles. The van der Waals surface area contributed by atoms with Crippen molar-refractivity contribution in [1.82, 2.24) is 10.6 Å². The number of carboxylic acids is 1. The number of aliphatic carboxylic acids is 1. The van der Waals surface area contributed by atoms with Gasteiger partial charge >= 0.3 is 12.0 Å². The van der Waals surface area contributed by atoms with Gasteiger partial charge in [0.15, 0.2) is 0 Å². The van der Waals surface area contributed by atoms with Crippen LogP contribution in [0.2, 0.25) is 0 Å². The van der Waals surface area contributed by atoms with Gasteiger partial charge in [-0.1, -0.05) is 25.5 Å². The van der Waals surface area contributed by atoms with Crippen molar-refractivity contribution in [2.45, 2.75) is 38.6 Å². The quantitative estimate of drug-likeness (QED) is 0.722. The number of carbonyl (C=O) groups is 2. The topological polar surface area (TPSA) is 78.4 Å². The van der Waals surface area contributed by atoms with E-state index >= 15 is 0 Å². The number of nitrogens with one attached hydrogen (secondary N) is 2. The summed E-state index contributed by atoms with van der Waals surface area (Å²) in [5.74, 6) is -1.39. The van der Waals surface area contributed by atoms with Crippen LogP contribution in [0.25, 0.3) is 0 Å². The molecule has 1 aromatic rings. The van der Waals surface area contributed by atoms with Crippen LogP contribution in [-0.4, -0.2) is 29.2 Å². The molecule has 0 aliphatic heterocycles. The summed E-state index contributed by atoms with van der Waals surface area (Å²) in [4.78, 5) is 22.9. The molecule has 2 amide bonds. The van der Waals surface area contributed by atoms with Crippen LogP contribution in [0.3, 0.4) is 0 Å². The maximum atomic E-state index is 13.0. The highest BCUT2D eigenvalue weighted by Gasteiger charge is 2.33. The lowest BCUT2D eigenvalue weighted by atomic mass is 9.97. The van der Waals surface area contributed by atoms with Crippen molar-refractivity contribution < 1.29 is 19.1 Å². The summed E-state index contributed by atoms with van der Waals surface area (Å²) in [6, 6.07) is 5.59. The Labute approximate surface area is 123 Å². The highest BCUT2D eigenvalue weighted by molar-refractivity contribution is 5.85. The Morgan fingerprint density at radius 2 is 2.10 bits per heavy atom. The van der Waals surface area contributed by atoms with E-state index in [-0.39, 0.29) is 5.82 Å². The molecule has 116 valence electrons. The number of rotatable bonds is 7. The van der Waals surface area contributed by atoms with E-state index in [0.717, 1.165) is 5.56 Å². The van der Waals surface area contributed by atoms with Crippen LogP contribution in [0.15, 0.2) is 24.3 Å². The highest BCUT2D eigenvalue weighted by atomic mass is 19.1. The predicted molar refractivity (Wildman–Crippen MR) is 77.6 cm³/mol. The van der Waals surface area contributed by atoms with Gasteiger partial charge in [0, 0.05) is 6.54 Å². The number of halogens is 1. The van der Waals surface area contributed by atoms with Crippen LogP contribution in [-0.2, 0) is 11.2 Å². The minimum atomic E-state index is -1.28. The van der Waals surface area contributed by atoms with Crippen LogP contribution in [0.4, 0.5) is 9.18 Å². The Kier molecular flexibility index (Phi) is 6.14. The second kappa shape index (κ2) is 7.61. The van der Waals surface area contributed by atoms with Gasteiger partial charge in [0.2, 0.25) is 0 Å². The van der Waals surface area contributed by atoms with Crippen LogP contribution in [0.1, 0.15) is 32.3 Å². The summed E-state index contributed by atoms with van der Waals surface area (Å²) in [6.07, 6.45) is 1.47. The summed E-state index contributed by atoms with van der Waals surface area (Å²) in [7, 11) is 0. The molecule has 1 rings (SSSR count). The Morgan fingerprint density at radius 1 is 1.38 bits per heavy atom. The molecule has 5 nitrogen and oxygen atoms in total. The summed E-state index contributed by atoms with van der Waals surface area (Å²) >= 11 is 0. The van der Waals surface area contributed by atoms with Crippen molar-refractivity contribution in [3.05, 3.63) is 35.6 Å². The fourth-order valence-corrected chi connectivity index (χ4v) is 2.03. The van der Waals surface area contributed by atoms with E-state index in [1.165, 1.54) is 19.1 Å². The van der Waals surface area contributed by atoms with Crippen molar-refractivity contribution in [1.29, 1.82) is 0 Å². The molecule has 3 N–H and O–H groups in total. The summed E-state index contributed by atoms with van der Waals surface area (Å²) in [5.41, 5.74) is -0.512. The number of hydrogen-bond donors (Lipinski definition) is 3. The standard InChI is InChI=1S/C15H21FN2O3/c1-3-8-15(2,13(19)20)18-14(21)17-9-7-11-5-4-6-12(16)10-11/h4-6,10H,3,7-9H2,1-2H3,(H,19,20)(H2,17,18,21). The molecule has 0 fully saturated rings. The molecule has 0 spiro atoms. The normalized spacial score (nSPS) is 13.3. The molecular weight excluding hydrogens is 275 g/mol. The van der Waals surface area contributed by atoms with Gasteiger partial charge in [0.1, 0.15) is 11.4 Å². The first kappa shape index (κ1) is 16.9. The molecule has 0 saturated heterocycles. The number of hydrogen-bond acceptors (Lipinski definition) is 2. The predicted octanol–water partition coefficient (Wildman–Crippen LogP) is 2.31. The number of amides is 2. The van der Waals surface area contributed by atoms with E-state index in [1.807, 2.05) is 6.92 Å². The van der Waals surface area contributed by atoms with Gasteiger partial charge < -0.3 is 15.7 Å². The molecule has 21 heavy (non-hydrogen) atoms. The maximum absolute atomic E-state index is 13.0. The van der Waals surface area contributed by atoms with Crippen molar-refractivity contribution >= 4 is 12.0 Å². The maximum Gasteiger partial charge on any atom is 0.329 e. The molecule has 0 heterocycles. The summed E-state index contributed by atoms with van der Waals surface area (Å²) in [6.45, 7) is 3.63. The van der Waals surface area contributed by atoms with Gasteiger partial charge in [-0.15, -0.1) is 0 Å². The first-order valence-corrected chi connectivity index (χ1v) is 6.91. The van der Waals surface area contributed by atoms with Gasteiger partial charge in [-0.2, -0.15) is 0 Å². The van der Waals surface area contributed by atoms with Gasteiger partial charge in [0.25, 0.3) is 0 Å². The van der Waals surface area contributed by atoms with Crippen molar-refractivity contribution in [3.63, 3.8) is 0 Å². The van der Waals surface area contributed by atoms with Gasteiger partial charge in [-0.25, -0.2) is 14.0 Å². The largest absolute Gasteiger partial charge is 0.480 e. The third-order valence-corrected chi connectivity index (χ3v) is 3.20. The van der Waals surface area contributed by atoms with E-state index in [4.69, 9.17) is 5.11 Å². The number of benzene rings is 1. The van der Waals surface area contributed by atoms with Crippen LogP contribution < -0.4 is 10.6 Å². The fourth-order valence-electron chi connectivity index (χ4n) is 2.03. The Bertz CT molecular complexity index is 507. The zero-order valence-corrected chi connectivity index (χ0v) is 12.3. The molecule has 1 unspecified atom stereocenters. The van der Waals surface area contributed by atoms with Crippen molar-refractivity contribution in [2.24, 2.45) is 0 Å². The molecule has 0 aliphatic rings. The zero-order chi connectivity index (χ0) is 15.9. The van der Waals surface area contributed by atoms with Crippen LogP contribution >= 0.6 is 0 Å². The third-order valence-electron chi connectivity index (χ3n) is 3.20. The lowest BCUT2D eigenvalue weighted by Gasteiger charge is -2.25. The SMILES string of the molecule is CCCC(C)(NC(=O)NCCc1cccc(F)c1)C(=O)O. The molecule has 6 heteroatoms. The molecular formula is C15H21FN2O3. The monoisotopic (exact) mass is 296 g/mol. The number of carbonyl (C=O) groups excluding carboxylic acids is 1. The second-order valence-corrected chi connectivity index (χ2v) is 5.15. The van der Waals surface area contributed by atoms with Crippen LogP contribution in [0, 0.1) is 5.82 Å². The molecule has 0 saturated carbocycles. The minimum absolute atomic E-state index is 0.303. The average molecular weight is 296 g/mol. The lowest BCUT2D eigenvalue weighted by Crippen LogP contribution is -2.55. The lowest BCUT2D eigenvalue weighted by molar-refractivity contribution is -0.144. The number of carboxylic acid groups (broad SMARTS) is 1. The first-order chi connectivity index (χ1) is 9.87. The summed E-state index contributed by atoms with van der Waals surface area (Å²) < 4.78 is 13.0. The molecule has 0 radical (unpaired) electrons. The first-order valence-electron chi connectivity index (χ1n) is 6.91. The van der Waals surface area contributed by atoms with Gasteiger partial charge in [0.05, 0.1) is 0 Å². The van der Waals surface area contributed by atoms with Crippen molar-refractivity contribution in [3.8, 4) is 0 Å². The van der Waals surface area contributed by atoms with Crippen LogP contribution in [0.5, 0.6) is 0 Å². The molecule has 0 aliphatic carbocycles. The van der Waals surface area contributed by atoms with Gasteiger partial charge in [-0.05, 0) is 37.5 Å². The third kappa shape index (κ3) is 5.41. The molecule has 1 aromatic carbocycles. The van der Waals surface area contributed by atoms with E-state index in [0.29, 0.717) is 25.8 Å². The fraction of sp³-hybridized carbons (Fsp3) is 0.467. The van der Waals surface area contributed by atoms with E-state index < -0.39 is 17.5 Å². The molecule has 0 bridgehead atoms. The van der Waals surface area contributed by atoms with Crippen molar-refractivity contribution in [2.75, 3.05) is 6.54 Å². The highest BCUT2D eigenvalue weighted by Crippen LogP contribution is 2.12. The minimum Gasteiger partial charge on any atom is -0.480 e. The zero-order valence-electron chi connectivity index (χ0n) is 12.3. The average Bonchev–Trinajstić information content (AvgIpc) is 2.38. The molecule has 1 atom stereocenters. The van der Waals surface area contributed by atoms with E-state index in [2.05, 4.69) is 10.6 Å². The van der Waals surface area contributed by atoms with Gasteiger partial charge in [-0.3, -0.25) is 0 Å². The Morgan fingerprint density at radius 3 is 2.67 bits per heavy atom. The number of urea groups is 1. The summed E-state index contributed by atoms with van der Waals surface area (Å²) in [5, 5.41) is 14.2. The second-order valence-electron chi connectivity index (χ2n) is 5.15. The van der Waals surface area contributed by atoms with E-state index in [1.54, 1.807) is 12.1 Å². The Balaban J connectivity index is 2.45. The van der Waals surface area contributed by atoms with E-state index in [9.17, 15) is 14.0 Å². The smallest absolute Gasteiger partial charge is 0.329 e. The Hall–Kier alpha value is -2.11.